The van der Waals surface area contributed by atoms with Crippen molar-refractivity contribution in [3.8, 4) is 22.9 Å². The number of aliphatic hydroxyl groups is 1. The van der Waals surface area contributed by atoms with Gasteiger partial charge in [0.15, 0.2) is 0 Å². The molecular weight excluding hydrogens is 382 g/mol. The zero-order valence-electron chi connectivity index (χ0n) is 17.5. The summed E-state index contributed by atoms with van der Waals surface area (Å²) in [5, 5.41) is 18.4. The van der Waals surface area contributed by atoms with Crippen molar-refractivity contribution >= 4 is 0 Å². The van der Waals surface area contributed by atoms with Gasteiger partial charge in [0.05, 0.1) is 36.9 Å². The van der Waals surface area contributed by atoms with Crippen LogP contribution in [-0.2, 0) is 5.60 Å². The van der Waals surface area contributed by atoms with Gasteiger partial charge in [0.1, 0.15) is 17.2 Å². The molecule has 1 aliphatic rings. The van der Waals surface area contributed by atoms with Crippen molar-refractivity contribution in [2.24, 2.45) is 5.92 Å². The van der Waals surface area contributed by atoms with Gasteiger partial charge in [0.25, 0.3) is 0 Å². The molecule has 1 N–H and O–H groups in total. The average molecular weight is 407 g/mol. The van der Waals surface area contributed by atoms with Crippen molar-refractivity contribution in [1.29, 1.82) is 0 Å². The highest BCUT2D eigenvalue weighted by Gasteiger charge is 2.40. The number of pyridine rings is 1. The Morgan fingerprint density at radius 3 is 2.57 bits per heavy atom. The van der Waals surface area contributed by atoms with Crippen molar-refractivity contribution in [2.45, 2.75) is 38.7 Å². The zero-order valence-corrected chi connectivity index (χ0v) is 17.5. The molecule has 0 aromatic carbocycles. The second-order valence-corrected chi connectivity index (χ2v) is 8.04. The zero-order chi connectivity index (χ0) is 21.3. The van der Waals surface area contributed by atoms with Gasteiger partial charge in [-0.25, -0.2) is 4.98 Å². The number of aryl methyl sites for hydroxylation is 1. The Balaban J connectivity index is 1.46. The van der Waals surface area contributed by atoms with Crippen molar-refractivity contribution in [3.05, 3.63) is 53.9 Å². The number of rotatable bonds is 7. The largest absolute Gasteiger partial charge is 0.495 e. The Bertz CT molecular complexity index is 1020. The summed E-state index contributed by atoms with van der Waals surface area (Å²) >= 11 is 0. The molecule has 8 heteroatoms. The summed E-state index contributed by atoms with van der Waals surface area (Å²) in [6.45, 7) is 5.70. The van der Waals surface area contributed by atoms with E-state index in [1.807, 2.05) is 19.1 Å². The maximum Gasteiger partial charge on any atom is 0.226 e. The molecule has 0 saturated heterocycles. The van der Waals surface area contributed by atoms with Crippen LogP contribution in [0.15, 0.2) is 36.7 Å². The van der Waals surface area contributed by atoms with Gasteiger partial charge in [0.2, 0.25) is 5.88 Å². The van der Waals surface area contributed by atoms with E-state index in [-0.39, 0.29) is 0 Å². The van der Waals surface area contributed by atoms with E-state index in [1.165, 1.54) is 0 Å². The molecule has 8 nitrogen and oxygen atoms in total. The average Bonchev–Trinajstić information content (AvgIpc) is 3.51. The van der Waals surface area contributed by atoms with Gasteiger partial charge in [-0.15, -0.1) is 5.10 Å². The molecule has 3 aromatic rings. The van der Waals surface area contributed by atoms with Crippen LogP contribution in [0.3, 0.4) is 0 Å². The van der Waals surface area contributed by atoms with E-state index in [0.29, 0.717) is 47.1 Å². The van der Waals surface area contributed by atoms with Gasteiger partial charge >= 0.3 is 0 Å². The fourth-order valence-electron chi connectivity index (χ4n) is 3.25. The van der Waals surface area contributed by atoms with Crippen LogP contribution in [0.2, 0.25) is 0 Å². The third-order valence-electron chi connectivity index (χ3n) is 5.17. The minimum atomic E-state index is -1.05. The van der Waals surface area contributed by atoms with Crippen LogP contribution in [0.5, 0.6) is 11.6 Å². The SMILES string of the molecule is COc1ccc(C2CC2COc2nc(C)ncc2-c2ccc(C(C)(C)O)nn2)nc1. The molecule has 156 valence electrons. The molecular formula is C22H25N5O3. The summed E-state index contributed by atoms with van der Waals surface area (Å²) in [4.78, 5) is 13.2. The van der Waals surface area contributed by atoms with Crippen LogP contribution in [0.25, 0.3) is 11.3 Å². The molecule has 1 aliphatic carbocycles. The first-order valence-electron chi connectivity index (χ1n) is 9.88. The van der Waals surface area contributed by atoms with Crippen molar-refractivity contribution < 1.29 is 14.6 Å². The predicted octanol–water partition coefficient (Wildman–Crippen LogP) is 3.06. The summed E-state index contributed by atoms with van der Waals surface area (Å²) in [5.41, 5.74) is 1.77. The predicted molar refractivity (Wildman–Crippen MR) is 110 cm³/mol. The molecule has 0 spiro atoms. The molecule has 1 saturated carbocycles. The van der Waals surface area contributed by atoms with Crippen molar-refractivity contribution in [2.75, 3.05) is 13.7 Å². The molecule has 3 aromatic heterocycles. The molecule has 2 unspecified atom stereocenters. The van der Waals surface area contributed by atoms with E-state index in [0.717, 1.165) is 17.9 Å². The Labute approximate surface area is 175 Å². The molecule has 3 heterocycles. The van der Waals surface area contributed by atoms with Gasteiger partial charge in [-0.05, 0) is 51.5 Å². The first-order valence-corrected chi connectivity index (χ1v) is 9.88. The van der Waals surface area contributed by atoms with E-state index >= 15 is 0 Å². The van der Waals surface area contributed by atoms with Crippen LogP contribution in [0, 0.1) is 12.8 Å². The Kier molecular flexibility index (Phi) is 5.34. The minimum Gasteiger partial charge on any atom is -0.495 e. The van der Waals surface area contributed by atoms with Crippen LogP contribution < -0.4 is 9.47 Å². The van der Waals surface area contributed by atoms with Gasteiger partial charge in [0, 0.05) is 23.7 Å². The highest BCUT2D eigenvalue weighted by Crippen LogP contribution is 2.47. The number of aromatic nitrogens is 5. The van der Waals surface area contributed by atoms with Crippen molar-refractivity contribution in [1.82, 2.24) is 25.1 Å². The standard InChI is InChI=1S/C22H25N5O3/c1-13-23-11-17(19-7-8-20(27-26-19)22(2,3)28)21(25-13)30-12-14-9-16(14)18-6-5-15(29-4)10-24-18/h5-8,10-11,14,16,28H,9,12H2,1-4H3. The summed E-state index contributed by atoms with van der Waals surface area (Å²) in [6.07, 6.45) is 4.47. The van der Waals surface area contributed by atoms with Crippen molar-refractivity contribution in [3.63, 3.8) is 0 Å². The summed E-state index contributed by atoms with van der Waals surface area (Å²) < 4.78 is 11.2. The highest BCUT2D eigenvalue weighted by atomic mass is 16.5. The number of hydrogen-bond donors (Lipinski definition) is 1. The Morgan fingerprint density at radius 1 is 1.10 bits per heavy atom. The first-order chi connectivity index (χ1) is 14.3. The highest BCUT2D eigenvalue weighted by molar-refractivity contribution is 5.63. The number of hydrogen-bond acceptors (Lipinski definition) is 8. The lowest BCUT2D eigenvalue weighted by molar-refractivity contribution is 0.0729. The lowest BCUT2D eigenvalue weighted by Crippen LogP contribution is -2.18. The quantitative estimate of drug-likeness (QED) is 0.637. The van der Waals surface area contributed by atoms with E-state index < -0.39 is 5.60 Å². The summed E-state index contributed by atoms with van der Waals surface area (Å²) in [6, 6.07) is 7.48. The number of ether oxygens (including phenoxy) is 2. The van der Waals surface area contributed by atoms with E-state index in [9.17, 15) is 5.11 Å². The van der Waals surface area contributed by atoms with E-state index in [1.54, 1.807) is 45.5 Å². The molecule has 1 fully saturated rings. The van der Waals surface area contributed by atoms with Gasteiger partial charge < -0.3 is 14.6 Å². The summed E-state index contributed by atoms with van der Waals surface area (Å²) in [5.74, 6) is 2.64. The second kappa shape index (κ2) is 7.95. The van der Waals surface area contributed by atoms with Crippen LogP contribution in [0.4, 0.5) is 0 Å². The molecule has 2 atom stereocenters. The second-order valence-electron chi connectivity index (χ2n) is 8.04. The molecule has 0 aliphatic heterocycles. The lowest BCUT2D eigenvalue weighted by Gasteiger charge is -2.16. The minimum absolute atomic E-state index is 0.383. The molecule has 30 heavy (non-hydrogen) atoms. The Morgan fingerprint density at radius 2 is 1.93 bits per heavy atom. The van der Waals surface area contributed by atoms with Crippen LogP contribution in [-0.4, -0.2) is 44.0 Å². The topological polar surface area (TPSA) is 103 Å². The molecule has 4 rings (SSSR count). The van der Waals surface area contributed by atoms with E-state index in [2.05, 4.69) is 25.1 Å². The molecule has 0 amide bonds. The van der Waals surface area contributed by atoms with Crippen LogP contribution >= 0.6 is 0 Å². The number of nitrogens with zero attached hydrogens (tertiary/aromatic N) is 5. The maximum absolute atomic E-state index is 10.1. The fraction of sp³-hybridized carbons (Fsp3) is 0.409. The number of methoxy groups -OCH3 is 1. The van der Waals surface area contributed by atoms with Gasteiger partial charge in [-0.2, -0.15) is 10.1 Å². The third-order valence-corrected chi connectivity index (χ3v) is 5.17. The maximum atomic E-state index is 10.1. The van der Waals surface area contributed by atoms with Gasteiger partial charge in [-0.1, -0.05) is 0 Å². The molecule has 0 bridgehead atoms. The Hall–Kier alpha value is -3.13. The first kappa shape index (κ1) is 20.2. The van der Waals surface area contributed by atoms with Gasteiger partial charge in [-0.3, -0.25) is 4.98 Å². The fourth-order valence-corrected chi connectivity index (χ4v) is 3.25. The van der Waals surface area contributed by atoms with Crippen LogP contribution in [0.1, 0.15) is 43.4 Å². The smallest absolute Gasteiger partial charge is 0.226 e. The van der Waals surface area contributed by atoms with E-state index in [4.69, 9.17) is 9.47 Å². The third kappa shape index (κ3) is 4.38. The monoisotopic (exact) mass is 407 g/mol. The molecule has 0 radical (unpaired) electrons. The summed E-state index contributed by atoms with van der Waals surface area (Å²) in [7, 11) is 1.63. The normalized spacial score (nSPS) is 18.2. The lowest BCUT2D eigenvalue weighted by atomic mass is 10.0.